The van der Waals surface area contributed by atoms with Gasteiger partial charge >= 0.3 is 0 Å². The van der Waals surface area contributed by atoms with Crippen molar-refractivity contribution in [3.8, 4) is 0 Å². The molecule has 0 heterocycles. The van der Waals surface area contributed by atoms with Crippen molar-refractivity contribution in [2.24, 2.45) is 0 Å². The third kappa shape index (κ3) is 12.2. The summed E-state index contributed by atoms with van der Waals surface area (Å²) in [7, 11) is 0. The molecule has 2 nitrogen and oxygen atoms in total. The zero-order valence-electron chi connectivity index (χ0n) is 14.1. The first-order valence-corrected chi connectivity index (χ1v) is 9.65. The maximum absolute atomic E-state index is 9.96. The Morgan fingerprint density at radius 1 is 0.333 bits per heavy atom. The highest BCUT2D eigenvalue weighted by Gasteiger charge is 2.21. The second-order valence-electron chi connectivity index (χ2n) is 7.14. The van der Waals surface area contributed by atoms with E-state index >= 15 is 0 Å². The molecule has 0 amide bonds. The molecular formula is C19H38O2. The lowest BCUT2D eigenvalue weighted by atomic mass is 9.99. The molecular weight excluding hydrogens is 260 g/mol. The summed E-state index contributed by atoms with van der Waals surface area (Å²) in [4.78, 5) is 0. The van der Waals surface area contributed by atoms with Gasteiger partial charge in [0.15, 0.2) is 5.79 Å². The van der Waals surface area contributed by atoms with Gasteiger partial charge in [-0.1, -0.05) is 89.9 Å². The van der Waals surface area contributed by atoms with E-state index in [1.54, 1.807) is 0 Å². The van der Waals surface area contributed by atoms with Crippen molar-refractivity contribution in [1.29, 1.82) is 0 Å². The molecule has 1 aliphatic rings. The summed E-state index contributed by atoms with van der Waals surface area (Å²) in [6.07, 6.45) is 21.7. The highest BCUT2D eigenvalue weighted by Crippen LogP contribution is 2.21. The van der Waals surface area contributed by atoms with Crippen molar-refractivity contribution in [2.45, 2.75) is 121 Å². The molecule has 1 rings (SSSR count). The molecule has 0 unspecified atom stereocenters. The van der Waals surface area contributed by atoms with Crippen molar-refractivity contribution < 1.29 is 10.2 Å². The van der Waals surface area contributed by atoms with E-state index in [0.717, 1.165) is 25.7 Å². The Balaban J connectivity index is 2.18. The lowest BCUT2D eigenvalue weighted by Gasteiger charge is -2.21. The molecule has 126 valence electrons. The molecule has 0 spiro atoms. The molecule has 0 aromatic heterocycles. The highest BCUT2D eigenvalue weighted by molar-refractivity contribution is 4.65. The molecule has 0 bridgehead atoms. The average Bonchev–Trinajstić information content (AvgIpc) is 2.45. The largest absolute Gasteiger partial charge is 0.366 e. The van der Waals surface area contributed by atoms with Gasteiger partial charge < -0.3 is 10.2 Å². The topological polar surface area (TPSA) is 40.5 Å². The fraction of sp³-hybridized carbons (Fsp3) is 1.00. The van der Waals surface area contributed by atoms with E-state index < -0.39 is 5.79 Å². The predicted octanol–water partition coefficient (Wildman–Crippen LogP) is 5.70. The quantitative estimate of drug-likeness (QED) is 0.563. The van der Waals surface area contributed by atoms with Crippen LogP contribution in [-0.2, 0) is 0 Å². The summed E-state index contributed by atoms with van der Waals surface area (Å²) >= 11 is 0. The van der Waals surface area contributed by atoms with Gasteiger partial charge in [0.2, 0.25) is 0 Å². The first-order valence-electron chi connectivity index (χ1n) is 9.65. The van der Waals surface area contributed by atoms with Crippen LogP contribution in [0.5, 0.6) is 0 Å². The van der Waals surface area contributed by atoms with Gasteiger partial charge in [-0.3, -0.25) is 0 Å². The Bertz CT molecular complexity index is 204. The van der Waals surface area contributed by atoms with Gasteiger partial charge in [0.25, 0.3) is 0 Å². The van der Waals surface area contributed by atoms with Crippen molar-refractivity contribution in [3.05, 3.63) is 0 Å². The smallest absolute Gasteiger partial charge is 0.162 e. The van der Waals surface area contributed by atoms with Crippen LogP contribution in [0.15, 0.2) is 0 Å². The maximum atomic E-state index is 9.96. The van der Waals surface area contributed by atoms with Crippen LogP contribution in [0.1, 0.15) is 116 Å². The standard InChI is InChI=1S/C19H38O2/c20-19(21)17-15-13-11-9-7-5-3-1-2-4-6-8-10-12-14-16-18-19/h20-21H,1-18H2. The summed E-state index contributed by atoms with van der Waals surface area (Å²) in [5.41, 5.74) is 0. The summed E-state index contributed by atoms with van der Waals surface area (Å²) in [5, 5.41) is 19.9. The van der Waals surface area contributed by atoms with E-state index in [4.69, 9.17) is 0 Å². The first-order chi connectivity index (χ1) is 10.2. The third-order valence-corrected chi connectivity index (χ3v) is 4.90. The van der Waals surface area contributed by atoms with Gasteiger partial charge in [0.05, 0.1) is 0 Å². The number of aliphatic hydroxyl groups is 2. The van der Waals surface area contributed by atoms with Crippen LogP contribution in [0, 0.1) is 0 Å². The monoisotopic (exact) mass is 298 g/mol. The van der Waals surface area contributed by atoms with E-state index in [2.05, 4.69) is 0 Å². The van der Waals surface area contributed by atoms with E-state index in [9.17, 15) is 10.2 Å². The molecule has 2 heteroatoms. The molecule has 1 fully saturated rings. The minimum absolute atomic E-state index is 0.562. The molecule has 0 aliphatic heterocycles. The van der Waals surface area contributed by atoms with Gasteiger partial charge in [-0.25, -0.2) is 0 Å². The van der Waals surface area contributed by atoms with Crippen LogP contribution in [0.2, 0.25) is 0 Å². The lowest BCUT2D eigenvalue weighted by Crippen LogP contribution is -2.27. The molecule has 1 aliphatic carbocycles. The highest BCUT2D eigenvalue weighted by atomic mass is 16.5. The fourth-order valence-electron chi connectivity index (χ4n) is 3.42. The third-order valence-electron chi connectivity index (χ3n) is 4.90. The van der Waals surface area contributed by atoms with Crippen LogP contribution in [0.4, 0.5) is 0 Å². The van der Waals surface area contributed by atoms with Crippen molar-refractivity contribution >= 4 is 0 Å². The zero-order chi connectivity index (χ0) is 15.2. The molecule has 0 aromatic rings. The van der Waals surface area contributed by atoms with E-state index in [1.165, 1.54) is 77.0 Å². The lowest BCUT2D eigenvalue weighted by molar-refractivity contribution is -0.172. The van der Waals surface area contributed by atoms with Crippen LogP contribution >= 0.6 is 0 Å². The molecule has 0 saturated heterocycles. The molecule has 0 aromatic carbocycles. The van der Waals surface area contributed by atoms with Gasteiger partial charge in [0.1, 0.15) is 0 Å². The SMILES string of the molecule is OC1(O)CCCCCCCCCCCCCCCCCC1. The van der Waals surface area contributed by atoms with Crippen LogP contribution in [0.25, 0.3) is 0 Å². The fourth-order valence-corrected chi connectivity index (χ4v) is 3.42. The first kappa shape index (κ1) is 19.0. The summed E-state index contributed by atoms with van der Waals surface area (Å²) in [5.74, 6) is -1.40. The van der Waals surface area contributed by atoms with Crippen LogP contribution in [0.3, 0.4) is 0 Å². The maximum Gasteiger partial charge on any atom is 0.162 e. The normalized spacial score (nSPS) is 25.4. The van der Waals surface area contributed by atoms with Gasteiger partial charge in [-0.15, -0.1) is 0 Å². The second kappa shape index (κ2) is 12.5. The Morgan fingerprint density at radius 3 is 0.762 bits per heavy atom. The molecule has 0 atom stereocenters. The van der Waals surface area contributed by atoms with Crippen molar-refractivity contribution in [3.63, 3.8) is 0 Å². The summed E-state index contributed by atoms with van der Waals surface area (Å²) in [6, 6.07) is 0. The predicted molar refractivity (Wildman–Crippen MR) is 90.3 cm³/mol. The Hall–Kier alpha value is -0.0800. The van der Waals surface area contributed by atoms with E-state index in [0.29, 0.717) is 12.8 Å². The summed E-state index contributed by atoms with van der Waals surface area (Å²) < 4.78 is 0. The van der Waals surface area contributed by atoms with Gasteiger partial charge in [0, 0.05) is 12.8 Å². The van der Waals surface area contributed by atoms with Gasteiger partial charge in [-0.2, -0.15) is 0 Å². The summed E-state index contributed by atoms with van der Waals surface area (Å²) in [6.45, 7) is 0. The number of rotatable bonds is 0. The van der Waals surface area contributed by atoms with Gasteiger partial charge in [-0.05, 0) is 12.8 Å². The van der Waals surface area contributed by atoms with Crippen molar-refractivity contribution in [1.82, 2.24) is 0 Å². The molecule has 21 heavy (non-hydrogen) atoms. The second-order valence-corrected chi connectivity index (χ2v) is 7.14. The minimum Gasteiger partial charge on any atom is -0.366 e. The average molecular weight is 299 g/mol. The van der Waals surface area contributed by atoms with Crippen molar-refractivity contribution in [2.75, 3.05) is 0 Å². The molecule has 0 radical (unpaired) electrons. The Morgan fingerprint density at radius 2 is 0.524 bits per heavy atom. The Labute approximate surface area is 132 Å². The van der Waals surface area contributed by atoms with Crippen LogP contribution < -0.4 is 0 Å². The van der Waals surface area contributed by atoms with Crippen LogP contribution in [-0.4, -0.2) is 16.0 Å². The zero-order valence-corrected chi connectivity index (χ0v) is 14.1. The number of hydrogen-bond acceptors (Lipinski definition) is 2. The van der Waals surface area contributed by atoms with E-state index in [1.807, 2.05) is 0 Å². The molecule has 1 saturated carbocycles. The van der Waals surface area contributed by atoms with E-state index in [-0.39, 0.29) is 0 Å². The minimum atomic E-state index is -1.40. The molecule has 2 N–H and O–H groups in total. The Kier molecular flexibility index (Phi) is 11.3. The number of hydrogen-bond donors (Lipinski definition) is 2.